The monoisotopic (exact) mass is 376 g/mol. The number of hydrogen-bond donors (Lipinski definition) is 1. The van der Waals surface area contributed by atoms with Crippen molar-refractivity contribution in [3.05, 3.63) is 53.6 Å². The van der Waals surface area contributed by atoms with E-state index in [1.54, 1.807) is 49.4 Å². The number of para-hydroxylation sites is 2. The quantitative estimate of drug-likeness (QED) is 0.768. The zero-order valence-corrected chi connectivity index (χ0v) is 15.5. The molecule has 0 unspecified atom stereocenters. The van der Waals surface area contributed by atoms with E-state index in [0.29, 0.717) is 28.8 Å². The van der Waals surface area contributed by atoms with Gasteiger partial charge in [0.2, 0.25) is 5.91 Å². The average Bonchev–Trinajstić information content (AvgIpc) is 2.65. The number of amides is 2. The third-order valence-corrected chi connectivity index (χ3v) is 3.88. The highest BCUT2D eigenvalue weighted by Crippen LogP contribution is 2.22. The number of anilines is 1. The van der Waals surface area contributed by atoms with Gasteiger partial charge in [0.15, 0.2) is 6.61 Å². The van der Waals surface area contributed by atoms with Crippen LogP contribution in [0, 0.1) is 0 Å². The van der Waals surface area contributed by atoms with Gasteiger partial charge in [0, 0.05) is 11.6 Å². The summed E-state index contributed by atoms with van der Waals surface area (Å²) in [5, 5.41) is 3.34. The first-order valence-electron chi connectivity index (χ1n) is 8.12. The van der Waals surface area contributed by atoms with Gasteiger partial charge in [-0.2, -0.15) is 0 Å². The van der Waals surface area contributed by atoms with Gasteiger partial charge in [-0.3, -0.25) is 9.59 Å². The van der Waals surface area contributed by atoms with Crippen molar-refractivity contribution in [2.75, 3.05) is 32.1 Å². The largest absolute Gasteiger partial charge is 0.495 e. The first-order chi connectivity index (χ1) is 12.5. The summed E-state index contributed by atoms with van der Waals surface area (Å²) in [4.78, 5) is 26.0. The van der Waals surface area contributed by atoms with Crippen molar-refractivity contribution < 1.29 is 19.1 Å². The minimum atomic E-state index is -0.309. The van der Waals surface area contributed by atoms with Gasteiger partial charge in [-0.15, -0.1) is 0 Å². The Labute approximate surface area is 157 Å². The molecule has 138 valence electrons. The predicted molar refractivity (Wildman–Crippen MR) is 101 cm³/mol. The van der Waals surface area contributed by atoms with Gasteiger partial charge < -0.3 is 19.7 Å². The molecule has 0 heterocycles. The number of carbonyl (C=O) groups excluding carboxylic acids is 2. The van der Waals surface area contributed by atoms with Crippen LogP contribution in [0.2, 0.25) is 5.02 Å². The maximum Gasteiger partial charge on any atom is 0.260 e. The number of halogens is 1. The first-order valence-corrected chi connectivity index (χ1v) is 8.50. The van der Waals surface area contributed by atoms with Crippen molar-refractivity contribution in [2.45, 2.75) is 6.92 Å². The van der Waals surface area contributed by atoms with E-state index in [1.807, 2.05) is 6.07 Å². The SMILES string of the molecule is CCN(CC(=O)Nc1ccccc1OC)C(=O)COc1ccc(Cl)cc1. The topological polar surface area (TPSA) is 67.9 Å². The second-order valence-corrected chi connectivity index (χ2v) is 5.84. The molecule has 1 N–H and O–H groups in total. The molecule has 0 spiro atoms. The summed E-state index contributed by atoms with van der Waals surface area (Å²) >= 11 is 5.81. The number of hydrogen-bond acceptors (Lipinski definition) is 4. The fourth-order valence-electron chi connectivity index (χ4n) is 2.25. The number of rotatable bonds is 8. The Balaban J connectivity index is 1.89. The van der Waals surface area contributed by atoms with Crippen molar-refractivity contribution in [3.63, 3.8) is 0 Å². The summed E-state index contributed by atoms with van der Waals surface area (Å²) in [6.45, 7) is 1.97. The second-order valence-electron chi connectivity index (χ2n) is 5.40. The molecule has 26 heavy (non-hydrogen) atoms. The lowest BCUT2D eigenvalue weighted by Gasteiger charge is -2.21. The van der Waals surface area contributed by atoms with Gasteiger partial charge in [0.25, 0.3) is 5.91 Å². The highest BCUT2D eigenvalue weighted by atomic mass is 35.5. The summed E-state index contributed by atoms with van der Waals surface area (Å²) in [5.74, 6) is 0.507. The Kier molecular flexibility index (Phi) is 7.29. The number of carbonyl (C=O) groups is 2. The zero-order valence-electron chi connectivity index (χ0n) is 14.7. The highest BCUT2D eigenvalue weighted by molar-refractivity contribution is 6.30. The highest BCUT2D eigenvalue weighted by Gasteiger charge is 2.17. The van der Waals surface area contributed by atoms with E-state index >= 15 is 0 Å². The summed E-state index contributed by atoms with van der Waals surface area (Å²) in [5.41, 5.74) is 0.556. The molecule has 2 amide bonds. The normalized spacial score (nSPS) is 10.1. The van der Waals surface area contributed by atoms with Crippen molar-refractivity contribution in [3.8, 4) is 11.5 Å². The molecule has 0 aliphatic heterocycles. The number of methoxy groups -OCH3 is 1. The molecule has 0 fully saturated rings. The number of nitrogens with zero attached hydrogens (tertiary/aromatic N) is 1. The van der Waals surface area contributed by atoms with E-state index in [2.05, 4.69) is 5.32 Å². The Morgan fingerprint density at radius 1 is 1.12 bits per heavy atom. The molecule has 2 aromatic carbocycles. The van der Waals surface area contributed by atoms with Crippen LogP contribution in [-0.2, 0) is 9.59 Å². The predicted octanol–water partition coefficient (Wildman–Crippen LogP) is 3.21. The van der Waals surface area contributed by atoms with Crippen LogP contribution in [0.25, 0.3) is 0 Å². The average molecular weight is 377 g/mol. The van der Waals surface area contributed by atoms with E-state index < -0.39 is 0 Å². The van der Waals surface area contributed by atoms with Crippen LogP contribution in [-0.4, -0.2) is 43.5 Å². The Bertz CT molecular complexity index is 749. The minimum absolute atomic E-state index is 0.0721. The minimum Gasteiger partial charge on any atom is -0.495 e. The molecule has 0 aliphatic carbocycles. The first kappa shape index (κ1) is 19.6. The van der Waals surface area contributed by atoms with Crippen molar-refractivity contribution in [1.82, 2.24) is 4.90 Å². The molecule has 0 bridgehead atoms. The molecule has 0 aromatic heterocycles. The Hall–Kier alpha value is -2.73. The lowest BCUT2D eigenvalue weighted by Crippen LogP contribution is -2.40. The molecule has 0 radical (unpaired) electrons. The second kappa shape index (κ2) is 9.68. The third kappa shape index (κ3) is 5.67. The molecule has 2 rings (SSSR count). The Morgan fingerprint density at radius 3 is 2.46 bits per heavy atom. The molecule has 0 atom stereocenters. The molecular weight excluding hydrogens is 356 g/mol. The van der Waals surface area contributed by atoms with E-state index in [1.165, 1.54) is 12.0 Å². The summed E-state index contributed by atoms with van der Waals surface area (Å²) in [6.07, 6.45) is 0. The number of ether oxygens (including phenoxy) is 2. The lowest BCUT2D eigenvalue weighted by atomic mass is 10.3. The zero-order chi connectivity index (χ0) is 18.9. The molecule has 0 saturated carbocycles. The molecule has 2 aromatic rings. The van der Waals surface area contributed by atoms with Crippen LogP contribution in [0.3, 0.4) is 0 Å². The summed E-state index contributed by atoms with van der Waals surface area (Å²) in [7, 11) is 1.53. The number of benzene rings is 2. The van der Waals surface area contributed by atoms with Crippen LogP contribution < -0.4 is 14.8 Å². The molecule has 6 nitrogen and oxygen atoms in total. The van der Waals surface area contributed by atoms with Gasteiger partial charge in [0.1, 0.15) is 11.5 Å². The van der Waals surface area contributed by atoms with Crippen LogP contribution in [0.1, 0.15) is 6.92 Å². The molecule has 0 saturated heterocycles. The summed E-state index contributed by atoms with van der Waals surface area (Å²) in [6, 6.07) is 13.8. The van der Waals surface area contributed by atoms with E-state index in [-0.39, 0.29) is 25.0 Å². The molecular formula is C19H21ClN2O4. The van der Waals surface area contributed by atoms with Gasteiger partial charge >= 0.3 is 0 Å². The molecule has 0 aliphatic rings. The standard InChI is InChI=1S/C19H21ClN2O4/c1-3-22(19(24)13-26-15-10-8-14(20)9-11-15)12-18(23)21-16-6-4-5-7-17(16)25-2/h4-11H,3,12-13H2,1-2H3,(H,21,23). The molecule has 7 heteroatoms. The van der Waals surface area contributed by atoms with Gasteiger partial charge in [0.05, 0.1) is 19.3 Å². The van der Waals surface area contributed by atoms with Crippen LogP contribution >= 0.6 is 11.6 Å². The van der Waals surface area contributed by atoms with Crippen molar-refractivity contribution >= 4 is 29.1 Å². The van der Waals surface area contributed by atoms with Gasteiger partial charge in [-0.05, 0) is 43.3 Å². The van der Waals surface area contributed by atoms with Crippen LogP contribution in [0.4, 0.5) is 5.69 Å². The van der Waals surface area contributed by atoms with Gasteiger partial charge in [-0.1, -0.05) is 23.7 Å². The number of likely N-dealkylation sites (N-methyl/N-ethyl adjacent to an activating group) is 1. The van der Waals surface area contributed by atoms with E-state index in [4.69, 9.17) is 21.1 Å². The fourth-order valence-corrected chi connectivity index (χ4v) is 2.38. The lowest BCUT2D eigenvalue weighted by molar-refractivity contribution is -0.136. The van der Waals surface area contributed by atoms with Crippen LogP contribution in [0.15, 0.2) is 48.5 Å². The van der Waals surface area contributed by atoms with Gasteiger partial charge in [-0.25, -0.2) is 0 Å². The smallest absolute Gasteiger partial charge is 0.260 e. The van der Waals surface area contributed by atoms with Crippen molar-refractivity contribution in [1.29, 1.82) is 0 Å². The van der Waals surface area contributed by atoms with Crippen LogP contribution in [0.5, 0.6) is 11.5 Å². The maximum atomic E-state index is 12.3. The van der Waals surface area contributed by atoms with E-state index in [9.17, 15) is 9.59 Å². The summed E-state index contributed by atoms with van der Waals surface area (Å²) < 4.78 is 10.6. The van der Waals surface area contributed by atoms with Crippen molar-refractivity contribution in [2.24, 2.45) is 0 Å². The fraction of sp³-hybridized carbons (Fsp3) is 0.263. The Morgan fingerprint density at radius 2 is 1.81 bits per heavy atom. The number of nitrogens with one attached hydrogen (secondary N) is 1. The van der Waals surface area contributed by atoms with E-state index in [0.717, 1.165) is 0 Å². The maximum absolute atomic E-state index is 12.3. The third-order valence-electron chi connectivity index (χ3n) is 3.63.